The minimum absolute atomic E-state index is 0.0321. The summed E-state index contributed by atoms with van der Waals surface area (Å²) in [6.07, 6.45) is -21.0. The minimum atomic E-state index is -5.27. The van der Waals surface area contributed by atoms with Gasteiger partial charge in [0.2, 0.25) is 0 Å². The normalized spacial score (nSPS) is 11.9. The van der Waals surface area contributed by atoms with Crippen LogP contribution in [0, 0.1) is 0 Å². The molecule has 0 aliphatic carbocycles. The molecule has 0 atom stereocenters. The second kappa shape index (κ2) is 19.5. The van der Waals surface area contributed by atoms with Gasteiger partial charge < -0.3 is 32.7 Å². The van der Waals surface area contributed by atoms with Crippen LogP contribution in [0.4, 0.5) is 86.8 Å². The largest absolute Gasteiger partial charge is 0.417 e. The number of carbonyl (C=O) groups excluding carboxylic acids is 4. The van der Waals surface area contributed by atoms with Crippen molar-refractivity contribution >= 4 is 57.8 Å². The number of carbonyl (C=O) groups is 4. The van der Waals surface area contributed by atoms with E-state index in [-0.39, 0.29) is 33.6 Å². The van der Waals surface area contributed by atoms with Crippen molar-refractivity contribution in [1.82, 2.24) is 0 Å². The Bertz CT molecular complexity index is 3010. The van der Waals surface area contributed by atoms with Crippen molar-refractivity contribution in [2.75, 3.05) is 32.7 Å². The van der Waals surface area contributed by atoms with Crippen molar-refractivity contribution in [2.45, 2.75) is 24.7 Å². The molecule has 0 aromatic heterocycles. The van der Waals surface area contributed by atoms with E-state index in [0.29, 0.717) is 47.8 Å². The van der Waals surface area contributed by atoms with Crippen LogP contribution in [0.2, 0.25) is 0 Å². The van der Waals surface area contributed by atoms with Gasteiger partial charge in [-0.1, -0.05) is 24.3 Å². The van der Waals surface area contributed by atoms with E-state index in [4.69, 9.17) is 11.5 Å². The van der Waals surface area contributed by atoms with Crippen molar-refractivity contribution in [2.24, 2.45) is 0 Å². The average molecular weight is 1010 g/mol. The zero-order valence-corrected chi connectivity index (χ0v) is 36.2. The standard InChI is InChI=1S/C50H32F12N6O4/c51-47(52,53)39-21-31(13-17-35(39)37-19-15-33(23-41(37)49(57,58)59)67-45(71)27-5-9-29(63)10-6-27)65-43(69)25-1-2-26(4-3-25)44(70)66-32-14-18-36(40(22-32)48(54,55)56)38-20-16-34(24-42(38)50(60,61)62)68-46(72)28-7-11-30(64)12-8-28/h1-24H,63-64H2,(H,65,69)(H,66,70)(H,67,71)(H,68,72). The second-order valence-corrected chi connectivity index (χ2v) is 15.7. The third-order valence-electron chi connectivity index (χ3n) is 10.7. The summed E-state index contributed by atoms with van der Waals surface area (Å²) in [4.78, 5) is 51.6. The van der Waals surface area contributed by atoms with Crippen molar-refractivity contribution < 1.29 is 71.9 Å². The third-order valence-corrected chi connectivity index (χ3v) is 10.7. The number of benzene rings is 7. The number of alkyl halides is 12. The predicted octanol–water partition coefficient (Wildman–Crippen LogP) is 13.3. The third kappa shape index (κ3) is 11.8. The fourth-order valence-corrected chi connectivity index (χ4v) is 7.22. The highest BCUT2D eigenvalue weighted by molar-refractivity contribution is 6.08. The number of hydrogen-bond donors (Lipinski definition) is 6. The van der Waals surface area contributed by atoms with E-state index in [9.17, 15) is 71.9 Å². The fourth-order valence-electron chi connectivity index (χ4n) is 7.22. The molecule has 10 nitrogen and oxygen atoms in total. The Kier molecular flexibility index (Phi) is 13.8. The Morgan fingerprint density at radius 2 is 0.472 bits per heavy atom. The molecule has 0 unspecified atom stereocenters. The molecule has 0 radical (unpaired) electrons. The summed E-state index contributed by atoms with van der Waals surface area (Å²) in [5.74, 6) is -3.76. The van der Waals surface area contributed by atoms with Gasteiger partial charge in [-0.05, 0) is 144 Å². The van der Waals surface area contributed by atoms with Crippen LogP contribution in [0.1, 0.15) is 63.7 Å². The smallest absolute Gasteiger partial charge is 0.399 e. The predicted molar refractivity (Wildman–Crippen MR) is 244 cm³/mol. The average Bonchev–Trinajstić information content (AvgIpc) is 3.31. The van der Waals surface area contributed by atoms with Crippen molar-refractivity contribution in [1.29, 1.82) is 0 Å². The number of nitrogens with one attached hydrogen (secondary N) is 4. The molecule has 8 N–H and O–H groups in total. The number of rotatable bonds is 10. The zero-order chi connectivity index (χ0) is 52.5. The fraction of sp³-hybridized carbons (Fsp3) is 0.0800. The molecular formula is C50H32F12N6O4. The topological polar surface area (TPSA) is 168 Å². The van der Waals surface area contributed by atoms with Crippen molar-refractivity contribution in [3.05, 3.63) is 190 Å². The molecule has 0 saturated heterocycles. The van der Waals surface area contributed by atoms with Gasteiger partial charge in [0.25, 0.3) is 23.6 Å². The lowest BCUT2D eigenvalue weighted by atomic mass is 9.93. The second-order valence-electron chi connectivity index (χ2n) is 15.7. The first-order valence-electron chi connectivity index (χ1n) is 20.6. The van der Waals surface area contributed by atoms with Crippen LogP contribution in [-0.4, -0.2) is 23.6 Å². The first-order valence-corrected chi connectivity index (χ1v) is 20.6. The van der Waals surface area contributed by atoms with Crippen LogP contribution in [0.15, 0.2) is 146 Å². The molecule has 7 rings (SSSR count). The van der Waals surface area contributed by atoms with Gasteiger partial charge in [0.15, 0.2) is 0 Å². The van der Waals surface area contributed by atoms with E-state index in [1.165, 1.54) is 48.5 Å². The van der Waals surface area contributed by atoms with E-state index in [1.807, 2.05) is 0 Å². The summed E-state index contributed by atoms with van der Waals surface area (Å²) in [5, 5.41) is 8.90. The molecule has 7 aromatic carbocycles. The Morgan fingerprint density at radius 3 is 0.653 bits per heavy atom. The maximum absolute atomic E-state index is 14.5. The van der Waals surface area contributed by atoms with Crippen LogP contribution in [0.3, 0.4) is 0 Å². The Balaban J connectivity index is 1.07. The van der Waals surface area contributed by atoms with Crippen LogP contribution in [0.5, 0.6) is 0 Å². The molecule has 370 valence electrons. The molecule has 72 heavy (non-hydrogen) atoms. The molecule has 4 amide bonds. The van der Waals surface area contributed by atoms with Gasteiger partial charge in [-0.15, -0.1) is 0 Å². The van der Waals surface area contributed by atoms with Crippen LogP contribution >= 0.6 is 0 Å². The highest BCUT2D eigenvalue weighted by Crippen LogP contribution is 2.46. The van der Waals surface area contributed by atoms with Gasteiger partial charge in [-0.2, -0.15) is 52.7 Å². The lowest BCUT2D eigenvalue weighted by molar-refractivity contribution is -0.139. The number of halogens is 12. The van der Waals surface area contributed by atoms with Crippen LogP contribution in [0.25, 0.3) is 22.3 Å². The molecule has 0 aliphatic rings. The Labute approximate surface area is 398 Å². The molecule has 7 aromatic rings. The molecule has 0 aliphatic heterocycles. The minimum Gasteiger partial charge on any atom is -0.399 e. The summed E-state index contributed by atoms with van der Waals surface area (Å²) in [6.45, 7) is 0. The number of nitrogens with two attached hydrogens (primary N) is 2. The van der Waals surface area contributed by atoms with Crippen LogP contribution in [-0.2, 0) is 24.7 Å². The summed E-state index contributed by atoms with van der Waals surface area (Å²) >= 11 is 0. The quantitative estimate of drug-likeness (QED) is 0.0589. The Hall–Kier alpha value is -8.82. The van der Waals surface area contributed by atoms with Gasteiger partial charge in [0, 0.05) is 56.4 Å². The van der Waals surface area contributed by atoms with E-state index in [0.717, 1.165) is 60.7 Å². The van der Waals surface area contributed by atoms with Crippen LogP contribution < -0.4 is 32.7 Å². The maximum Gasteiger partial charge on any atom is 0.417 e. The molecule has 0 fully saturated rings. The molecule has 0 saturated carbocycles. The van der Waals surface area contributed by atoms with Crippen molar-refractivity contribution in [3.63, 3.8) is 0 Å². The van der Waals surface area contributed by atoms with Gasteiger partial charge in [0.1, 0.15) is 0 Å². The SMILES string of the molecule is Nc1ccc(C(=O)Nc2ccc(-c3ccc(NC(=O)c4ccc(C(=O)Nc5ccc(-c6ccc(NC(=O)c7ccc(N)cc7)cc6C(F)(F)F)c(C(F)(F)F)c5)cc4)cc3C(F)(F)F)c(C(F)(F)F)c2)cc1. The van der Waals surface area contributed by atoms with E-state index in [1.54, 1.807) is 0 Å². The monoisotopic (exact) mass is 1010 g/mol. The molecule has 22 heteroatoms. The summed E-state index contributed by atoms with van der Waals surface area (Å²) in [5.41, 5.74) is -0.312. The van der Waals surface area contributed by atoms with Gasteiger partial charge >= 0.3 is 24.7 Å². The van der Waals surface area contributed by atoms with E-state index < -0.39 is 104 Å². The molecule has 0 heterocycles. The lowest BCUT2D eigenvalue weighted by Crippen LogP contribution is -2.17. The zero-order valence-electron chi connectivity index (χ0n) is 36.2. The molecular weight excluding hydrogens is 977 g/mol. The lowest BCUT2D eigenvalue weighted by Gasteiger charge is -2.20. The van der Waals surface area contributed by atoms with Gasteiger partial charge in [-0.3, -0.25) is 19.2 Å². The number of anilines is 6. The molecule has 0 spiro atoms. The maximum atomic E-state index is 14.5. The first-order chi connectivity index (χ1) is 33.6. The van der Waals surface area contributed by atoms with E-state index >= 15 is 0 Å². The summed E-state index contributed by atoms with van der Waals surface area (Å²) in [6, 6.07) is 23.2. The number of amides is 4. The number of nitrogen functional groups attached to an aromatic ring is 2. The molecule has 0 bridgehead atoms. The number of hydrogen-bond acceptors (Lipinski definition) is 6. The summed E-state index contributed by atoms with van der Waals surface area (Å²) in [7, 11) is 0. The van der Waals surface area contributed by atoms with Gasteiger partial charge in [-0.25, -0.2) is 0 Å². The van der Waals surface area contributed by atoms with Gasteiger partial charge in [0.05, 0.1) is 22.3 Å². The van der Waals surface area contributed by atoms with Crippen molar-refractivity contribution in [3.8, 4) is 22.3 Å². The Morgan fingerprint density at radius 1 is 0.292 bits per heavy atom. The first kappa shape index (κ1) is 51.0. The summed E-state index contributed by atoms with van der Waals surface area (Å²) < 4.78 is 173. The van der Waals surface area contributed by atoms with E-state index in [2.05, 4.69) is 21.3 Å². The highest BCUT2D eigenvalue weighted by Gasteiger charge is 2.41. The highest BCUT2D eigenvalue weighted by atomic mass is 19.4.